The molecule has 0 heterocycles. The lowest BCUT2D eigenvalue weighted by Gasteiger charge is -2.07. The number of ether oxygens (including phenoxy) is 1. The Morgan fingerprint density at radius 3 is 2.17 bits per heavy atom. The fraction of sp³-hybridized carbons (Fsp3) is 0.0667. The van der Waals surface area contributed by atoms with E-state index >= 15 is 0 Å². The monoisotopic (exact) mass is 314 g/mol. The number of hydrogen-bond donors (Lipinski definition) is 1. The lowest BCUT2D eigenvalue weighted by atomic mass is 10.2. The average molecular weight is 314 g/mol. The molecule has 8 nitrogen and oxygen atoms in total. The molecule has 0 fully saturated rings. The number of nitrogens with zero attached hydrogens (tertiary/aromatic N) is 3. The van der Waals surface area contributed by atoms with Crippen molar-refractivity contribution < 1.29 is 14.5 Å². The first kappa shape index (κ1) is 16.0. The van der Waals surface area contributed by atoms with Gasteiger partial charge in [-0.1, -0.05) is 0 Å². The molecule has 2 aromatic rings. The number of nitrogens with two attached hydrogens (primary N) is 1. The van der Waals surface area contributed by atoms with Gasteiger partial charge in [-0.25, -0.2) is 9.80 Å². The zero-order valence-electron chi connectivity index (χ0n) is 12.2. The van der Waals surface area contributed by atoms with Crippen LogP contribution in [0.2, 0.25) is 0 Å². The Morgan fingerprint density at radius 2 is 1.70 bits per heavy atom. The van der Waals surface area contributed by atoms with Crippen molar-refractivity contribution in [1.29, 1.82) is 0 Å². The number of non-ortho nitro benzene ring substituents is 1. The first-order valence-electron chi connectivity index (χ1n) is 6.55. The van der Waals surface area contributed by atoms with Gasteiger partial charge in [0.25, 0.3) is 5.69 Å². The van der Waals surface area contributed by atoms with E-state index < -0.39 is 11.0 Å². The van der Waals surface area contributed by atoms with Crippen molar-refractivity contribution >= 4 is 17.9 Å². The van der Waals surface area contributed by atoms with Gasteiger partial charge in [-0.05, 0) is 42.0 Å². The minimum atomic E-state index is -0.653. The summed E-state index contributed by atoms with van der Waals surface area (Å²) in [5.41, 5.74) is 5.81. The van der Waals surface area contributed by atoms with Gasteiger partial charge in [0.15, 0.2) is 0 Å². The summed E-state index contributed by atoms with van der Waals surface area (Å²) in [4.78, 5) is 20.9. The van der Waals surface area contributed by atoms with Crippen LogP contribution in [0.1, 0.15) is 5.56 Å². The second-order valence-corrected chi connectivity index (χ2v) is 4.53. The molecule has 0 aliphatic heterocycles. The minimum Gasteiger partial charge on any atom is -0.457 e. The SMILES string of the molecule is CN(N=Cc1ccc(Oc2ccc([N+](=O)[O-])cc2)cc1)C(N)=O. The second kappa shape index (κ2) is 7.03. The summed E-state index contributed by atoms with van der Waals surface area (Å²) in [6.45, 7) is 0. The lowest BCUT2D eigenvalue weighted by molar-refractivity contribution is -0.384. The van der Waals surface area contributed by atoms with E-state index in [4.69, 9.17) is 10.5 Å². The first-order valence-corrected chi connectivity index (χ1v) is 6.55. The van der Waals surface area contributed by atoms with Crippen LogP contribution in [0.4, 0.5) is 10.5 Å². The van der Waals surface area contributed by atoms with Crippen LogP contribution in [0.25, 0.3) is 0 Å². The number of amides is 2. The molecule has 0 aliphatic carbocycles. The number of nitro benzene ring substituents is 1. The zero-order valence-corrected chi connectivity index (χ0v) is 12.2. The van der Waals surface area contributed by atoms with Crippen molar-refractivity contribution in [3.8, 4) is 11.5 Å². The molecule has 2 amide bonds. The number of carbonyl (C=O) groups is 1. The fourth-order valence-electron chi connectivity index (χ4n) is 1.60. The first-order chi connectivity index (χ1) is 11.0. The molecule has 8 heteroatoms. The van der Waals surface area contributed by atoms with Gasteiger partial charge in [0.2, 0.25) is 0 Å². The number of nitro groups is 1. The van der Waals surface area contributed by atoms with Crippen LogP contribution in [-0.2, 0) is 0 Å². The standard InChI is InChI=1S/C15H14N4O4/c1-18(15(16)20)17-10-11-2-6-13(7-3-11)23-14-8-4-12(5-9-14)19(21)22/h2-10H,1H3,(H2,16,20). The Kier molecular flexibility index (Phi) is 4.88. The molecule has 0 aromatic heterocycles. The quantitative estimate of drug-likeness (QED) is 0.519. The van der Waals surface area contributed by atoms with E-state index in [1.54, 1.807) is 24.3 Å². The zero-order chi connectivity index (χ0) is 16.8. The summed E-state index contributed by atoms with van der Waals surface area (Å²) >= 11 is 0. The van der Waals surface area contributed by atoms with Crippen molar-refractivity contribution in [2.45, 2.75) is 0 Å². The Morgan fingerprint density at radius 1 is 1.17 bits per heavy atom. The van der Waals surface area contributed by atoms with Crippen LogP contribution in [-0.4, -0.2) is 29.2 Å². The van der Waals surface area contributed by atoms with E-state index in [1.165, 1.54) is 37.5 Å². The number of rotatable bonds is 5. The molecule has 0 radical (unpaired) electrons. The van der Waals surface area contributed by atoms with E-state index in [-0.39, 0.29) is 5.69 Å². The topological polar surface area (TPSA) is 111 Å². The van der Waals surface area contributed by atoms with Crippen LogP contribution >= 0.6 is 0 Å². The molecule has 0 spiro atoms. The molecular weight excluding hydrogens is 300 g/mol. The van der Waals surface area contributed by atoms with Crippen molar-refractivity contribution in [3.05, 3.63) is 64.2 Å². The van der Waals surface area contributed by atoms with Gasteiger partial charge < -0.3 is 10.5 Å². The number of benzene rings is 2. The van der Waals surface area contributed by atoms with E-state index in [0.29, 0.717) is 11.5 Å². The summed E-state index contributed by atoms with van der Waals surface area (Å²) in [6.07, 6.45) is 1.49. The summed E-state index contributed by atoms with van der Waals surface area (Å²) in [5.74, 6) is 1.06. The van der Waals surface area contributed by atoms with Crippen molar-refractivity contribution in [2.24, 2.45) is 10.8 Å². The normalized spacial score (nSPS) is 10.5. The molecule has 0 bridgehead atoms. The number of carbonyl (C=O) groups excluding carboxylic acids is 1. The summed E-state index contributed by atoms with van der Waals surface area (Å²) < 4.78 is 5.58. The van der Waals surface area contributed by atoms with Gasteiger partial charge in [-0.2, -0.15) is 5.10 Å². The summed E-state index contributed by atoms with van der Waals surface area (Å²) in [7, 11) is 1.45. The molecule has 2 aromatic carbocycles. The molecule has 0 saturated carbocycles. The maximum Gasteiger partial charge on any atom is 0.334 e. The molecule has 0 aliphatic rings. The van der Waals surface area contributed by atoms with Gasteiger partial charge in [-0.3, -0.25) is 10.1 Å². The van der Waals surface area contributed by atoms with Gasteiger partial charge in [0.05, 0.1) is 11.1 Å². The summed E-state index contributed by atoms with van der Waals surface area (Å²) in [6, 6.07) is 12.1. The second-order valence-electron chi connectivity index (χ2n) is 4.53. The molecule has 2 rings (SSSR count). The highest BCUT2D eigenvalue weighted by Gasteiger charge is 2.05. The van der Waals surface area contributed by atoms with Crippen molar-refractivity contribution in [1.82, 2.24) is 5.01 Å². The van der Waals surface area contributed by atoms with E-state index in [0.717, 1.165) is 10.6 Å². The predicted octanol–water partition coefficient (Wildman–Crippen LogP) is 2.73. The van der Waals surface area contributed by atoms with Crippen LogP contribution < -0.4 is 10.5 Å². The van der Waals surface area contributed by atoms with Crippen LogP contribution in [0.3, 0.4) is 0 Å². The van der Waals surface area contributed by atoms with E-state index in [9.17, 15) is 14.9 Å². The molecule has 0 atom stereocenters. The minimum absolute atomic E-state index is 0.00230. The predicted molar refractivity (Wildman–Crippen MR) is 84.6 cm³/mol. The highest BCUT2D eigenvalue weighted by molar-refractivity contribution is 5.81. The van der Waals surface area contributed by atoms with Crippen LogP contribution in [0.15, 0.2) is 53.6 Å². The summed E-state index contributed by atoms with van der Waals surface area (Å²) in [5, 5.41) is 15.5. The van der Waals surface area contributed by atoms with Gasteiger partial charge >= 0.3 is 6.03 Å². The number of primary amides is 1. The largest absolute Gasteiger partial charge is 0.457 e. The third kappa shape index (κ3) is 4.53. The van der Waals surface area contributed by atoms with Gasteiger partial charge in [-0.15, -0.1) is 0 Å². The fourth-order valence-corrected chi connectivity index (χ4v) is 1.60. The Bertz CT molecular complexity index is 726. The maximum absolute atomic E-state index is 10.8. The van der Waals surface area contributed by atoms with Crippen molar-refractivity contribution in [3.63, 3.8) is 0 Å². The van der Waals surface area contributed by atoms with Crippen molar-refractivity contribution in [2.75, 3.05) is 7.05 Å². The smallest absolute Gasteiger partial charge is 0.334 e. The highest BCUT2D eigenvalue weighted by Crippen LogP contribution is 2.23. The third-order valence-corrected chi connectivity index (χ3v) is 2.86. The van der Waals surface area contributed by atoms with E-state index in [2.05, 4.69) is 5.10 Å². The van der Waals surface area contributed by atoms with Gasteiger partial charge in [0.1, 0.15) is 11.5 Å². The molecule has 23 heavy (non-hydrogen) atoms. The van der Waals surface area contributed by atoms with E-state index in [1.807, 2.05) is 0 Å². The lowest BCUT2D eigenvalue weighted by Crippen LogP contribution is -2.27. The average Bonchev–Trinajstić information content (AvgIpc) is 2.54. The van der Waals surface area contributed by atoms with Gasteiger partial charge in [0, 0.05) is 19.2 Å². The number of hydrogen-bond acceptors (Lipinski definition) is 5. The maximum atomic E-state index is 10.8. The van der Waals surface area contributed by atoms with Crippen LogP contribution in [0.5, 0.6) is 11.5 Å². The Labute approximate surface area is 131 Å². The highest BCUT2D eigenvalue weighted by atomic mass is 16.6. The number of hydrazone groups is 1. The van der Waals surface area contributed by atoms with Crippen LogP contribution in [0, 0.1) is 10.1 Å². The Hall–Kier alpha value is -3.42. The molecular formula is C15H14N4O4. The Balaban J connectivity index is 2.02. The third-order valence-electron chi connectivity index (χ3n) is 2.86. The molecule has 118 valence electrons. The molecule has 2 N–H and O–H groups in total. The molecule has 0 unspecified atom stereocenters. The number of urea groups is 1. The molecule has 0 saturated heterocycles.